The lowest BCUT2D eigenvalue weighted by atomic mass is 10.1. The van der Waals surface area contributed by atoms with Crippen LogP contribution in [0.2, 0.25) is 0 Å². The quantitative estimate of drug-likeness (QED) is 0.853. The molecule has 24 heavy (non-hydrogen) atoms. The highest BCUT2D eigenvalue weighted by atomic mass is 32.2. The van der Waals surface area contributed by atoms with E-state index in [1.54, 1.807) is 18.3 Å². The summed E-state index contributed by atoms with van der Waals surface area (Å²) in [6.07, 6.45) is 3.70. The predicted octanol–water partition coefficient (Wildman–Crippen LogP) is 3.18. The lowest BCUT2D eigenvalue weighted by molar-refractivity contribution is -0.0328. The SMILES string of the molecule is Cn1ccnc1C1CNCCN1Cc1ccc(SC(F)(F)F)cc1. The van der Waals surface area contributed by atoms with E-state index in [-0.39, 0.29) is 22.7 Å². The number of imidazole rings is 1. The second kappa shape index (κ2) is 7.16. The molecule has 0 bridgehead atoms. The summed E-state index contributed by atoms with van der Waals surface area (Å²) in [5.41, 5.74) is -3.24. The van der Waals surface area contributed by atoms with Gasteiger partial charge in [-0.1, -0.05) is 12.1 Å². The molecule has 1 aromatic heterocycles. The van der Waals surface area contributed by atoms with Crippen molar-refractivity contribution in [1.82, 2.24) is 19.8 Å². The van der Waals surface area contributed by atoms with Gasteiger partial charge in [-0.05, 0) is 29.5 Å². The minimum Gasteiger partial charge on any atom is -0.337 e. The van der Waals surface area contributed by atoms with Gasteiger partial charge in [0.15, 0.2) is 0 Å². The number of benzene rings is 1. The average molecular weight is 356 g/mol. The molecule has 130 valence electrons. The van der Waals surface area contributed by atoms with Crippen LogP contribution in [0, 0.1) is 0 Å². The highest BCUT2D eigenvalue weighted by molar-refractivity contribution is 8.00. The number of aromatic nitrogens is 2. The largest absolute Gasteiger partial charge is 0.446 e. The standard InChI is InChI=1S/C16H19F3N4S/c1-22-8-7-21-15(22)14-10-20-6-9-23(14)11-12-2-4-13(5-3-12)24-16(17,18)19/h2-5,7-8,14,20H,6,9-11H2,1H3. The lowest BCUT2D eigenvalue weighted by Gasteiger charge is -2.35. The van der Waals surface area contributed by atoms with Crippen LogP contribution in [0.5, 0.6) is 0 Å². The molecule has 0 amide bonds. The lowest BCUT2D eigenvalue weighted by Crippen LogP contribution is -2.46. The number of aryl methyl sites for hydroxylation is 1. The Morgan fingerprint density at radius 1 is 1.29 bits per heavy atom. The first kappa shape index (κ1) is 17.3. The number of hydrogen-bond donors (Lipinski definition) is 1. The van der Waals surface area contributed by atoms with Gasteiger partial charge in [-0.25, -0.2) is 4.98 Å². The van der Waals surface area contributed by atoms with Crippen molar-refractivity contribution in [1.29, 1.82) is 0 Å². The summed E-state index contributed by atoms with van der Waals surface area (Å²) < 4.78 is 39.2. The zero-order chi connectivity index (χ0) is 17.2. The molecule has 8 heteroatoms. The van der Waals surface area contributed by atoms with Crippen LogP contribution in [0.25, 0.3) is 0 Å². The van der Waals surface area contributed by atoms with Crippen molar-refractivity contribution in [2.75, 3.05) is 19.6 Å². The van der Waals surface area contributed by atoms with E-state index < -0.39 is 5.51 Å². The maximum Gasteiger partial charge on any atom is 0.446 e. The van der Waals surface area contributed by atoms with Crippen molar-refractivity contribution < 1.29 is 13.2 Å². The number of rotatable bonds is 4. The van der Waals surface area contributed by atoms with E-state index in [0.29, 0.717) is 6.54 Å². The number of thioether (sulfide) groups is 1. The fourth-order valence-corrected chi connectivity index (χ4v) is 3.46. The zero-order valence-corrected chi connectivity index (χ0v) is 14.1. The normalized spacial score (nSPS) is 19.6. The molecular formula is C16H19F3N4S. The second-order valence-corrected chi connectivity index (χ2v) is 6.92. The highest BCUT2D eigenvalue weighted by Gasteiger charge is 2.29. The summed E-state index contributed by atoms with van der Waals surface area (Å²) in [6.45, 7) is 3.27. The van der Waals surface area contributed by atoms with Crippen LogP contribution < -0.4 is 5.32 Å². The Balaban J connectivity index is 1.70. The molecular weight excluding hydrogens is 337 g/mol. The van der Waals surface area contributed by atoms with Crippen LogP contribution in [-0.2, 0) is 13.6 Å². The Hall–Kier alpha value is -1.51. The minimum absolute atomic E-state index is 0.0809. The third-order valence-corrected chi connectivity index (χ3v) is 4.79. The van der Waals surface area contributed by atoms with Crippen LogP contribution in [0.1, 0.15) is 17.4 Å². The molecule has 2 heterocycles. The molecule has 1 atom stereocenters. The molecule has 1 N–H and O–H groups in total. The summed E-state index contributed by atoms with van der Waals surface area (Å²) in [6, 6.07) is 6.76. The number of alkyl halides is 3. The first-order chi connectivity index (χ1) is 11.4. The molecule has 3 rings (SSSR count). The van der Waals surface area contributed by atoms with Gasteiger partial charge in [0, 0.05) is 50.5 Å². The van der Waals surface area contributed by atoms with E-state index in [1.807, 2.05) is 17.8 Å². The maximum absolute atomic E-state index is 12.4. The zero-order valence-electron chi connectivity index (χ0n) is 13.3. The number of nitrogens with zero attached hydrogens (tertiary/aromatic N) is 3. The molecule has 1 aliphatic rings. The maximum atomic E-state index is 12.4. The Labute approximate surface area is 143 Å². The number of hydrogen-bond acceptors (Lipinski definition) is 4. The van der Waals surface area contributed by atoms with Gasteiger partial charge in [-0.3, -0.25) is 4.90 Å². The van der Waals surface area contributed by atoms with Gasteiger partial charge in [0.2, 0.25) is 0 Å². The van der Waals surface area contributed by atoms with Crippen LogP contribution in [-0.4, -0.2) is 39.6 Å². The van der Waals surface area contributed by atoms with Gasteiger partial charge in [0.1, 0.15) is 5.82 Å². The van der Waals surface area contributed by atoms with Crippen molar-refractivity contribution in [3.63, 3.8) is 0 Å². The molecule has 1 saturated heterocycles. The average Bonchev–Trinajstić information content (AvgIpc) is 2.94. The smallest absolute Gasteiger partial charge is 0.337 e. The van der Waals surface area contributed by atoms with Gasteiger partial charge in [0.25, 0.3) is 0 Å². The molecule has 0 spiro atoms. The molecule has 1 aromatic carbocycles. The number of halogens is 3. The molecule has 2 aromatic rings. The topological polar surface area (TPSA) is 33.1 Å². The summed E-state index contributed by atoms with van der Waals surface area (Å²) >= 11 is -0.0809. The van der Waals surface area contributed by atoms with E-state index in [4.69, 9.17) is 0 Å². The van der Waals surface area contributed by atoms with Crippen molar-refractivity contribution in [3.8, 4) is 0 Å². The Morgan fingerprint density at radius 3 is 2.67 bits per heavy atom. The predicted molar refractivity (Wildman–Crippen MR) is 87.6 cm³/mol. The molecule has 0 saturated carbocycles. The van der Waals surface area contributed by atoms with Gasteiger partial charge >= 0.3 is 5.51 Å². The van der Waals surface area contributed by atoms with E-state index in [0.717, 1.165) is 31.0 Å². The van der Waals surface area contributed by atoms with E-state index in [9.17, 15) is 13.2 Å². The first-order valence-corrected chi connectivity index (χ1v) is 8.51. The van der Waals surface area contributed by atoms with Crippen LogP contribution in [0.4, 0.5) is 13.2 Å². The first-order valence-electron chi connectivity index (χ1n) is 7.69. The molecule has 0 aliphatic carbocycles. The molecule has 4 nitrogen and oxygen atoms in total. The summed E-state index contributed by atoms with van der Waals surface area (Å²) in [5.74, 6) is 0.992. The van der Waals surface area contributed by atoms with Crippen LogP contribution in [0.15, 0.2) is 41.6 Å². The second-order valence-electron chi connectivity index (χ2n) is 5.78. The van der Waals surface area contributed by atoms with Crippen molar-refractivity contribution >= 4 is 11.8 Å². The van der Waals surface area contributed by atoms with Crippen molar-refractivity contribution in [3.05, 3.63) is 48.0 Å². The van der Waals surface area contributed by atoms with Crippen LogP contribution >= 0.6 is 11.8 Å². The third-order valence-electron chi connectivity index (χ3n) is 4.05. The van der Waals surface area contributed by atoms with Gasteiger partial charge in [-0.15, -0.1) is 0 Å². The van der Waals surface area contributed by atoms with E-state index in [1.165, 1.54) is 12.1 Å². The monoisotopic (exact) mass is 356 g/mol. The minimum atomic E-state index is -4.25. The Morgan fingerprint density at radius 2 is 2.04 bits per heavy atom. The van der Waals surface area contributed by atoms with Crippen molar-refractivity contribution in [2.45, 2.75) is 23.0 Å². The van der Waals surface area contributed by atoms with E-state index >= 15 is 0 Å². The Bertz CT molecular complexity index is 669. The highest BCUT2D eigenvalue weighted by Crippen LogP contribution is 2.36. The van der Waals surface area contributed by atoms with Crippen LogP contribution in [0.3, 0.4) is 0 Å². The molecule has 0 radical (unpaired) electrons. The van der Waals surface area contributed by atoms with Gasteiger partial charge in [0.05, 0.1) is 6.04 Å². The fraction of sp³-hybridized carbons (Fsp3) is 0.438. The van der Waals surface area contributed by atoms with Crippen molar-refractivity contribution in [2.24, 2.45) is 7.05 Å². The molecule has 1 fully saturated rings. The fourth-order valence-electron chi connectivity index (χ4n) is 2.92. The Kier molecular flexibility index (Phi) is 5.17. The number of piperazine rings is 1. The van der Waals surface area contributed by atoms with Gasteiger partial charge in [-0.2, -0.15) is 13.2 Å². The van der Waals surface area contributed by atoms with E-state index in [2.05, 4.69) is 15.2 Å². The number of nitrogens with one attached hydrogen (secondary N) is 1. The van der Waals surface area contributed by atoms with Gasteiger partial charge < -0.3 is 9.88 Å². The summed E-state index contributed by atoms with van der Waals surface area (Å²) in [5, 5.41) is 3.38. The summed E-state index contributed by atoms with van der Waals surface area (Å²) in [4.78, 5) is 6.96. The molecule has 1 unspecified atom stereocenters. The molecule has 1 aliphatic heterocycles. The third kappa shape index (κ3) is 4.31. The summed E-state index contributed by atoms with van der Waals surface area (Å²) in [7, 11) is 1.97.